The summed E-state index contributed by atoms with van der Waals surface area (Å²) in [5.74, 6) is -3.40. The molecule has 0 amide bonds. The summed E-state index contributed by atoms with van der Waals surface area (Å²) in [6.45, 7) is 19.4. The molecule has 25 atom stereocenters. The topological polar surface area (TPSA) is 348 Å². The van der Waals surface area contributed by atoms with Gasteiger partial charge in [0.25, 0.3) is 0 Å². The van der Waals surface area contributed by atoms with E-state index in [0.29, 0.717) is 49.7 Å². The van der Waals surface area contributed by atoms with Gasteiger partial charge in [-0.3, -0.25) is 0 Å². The number of hydrogen-bond donors (Lipinski definition) is 11. The Kier molecular flexibility index (Phi) is 17.7. The fourth-order valence-electron chi connectivity index (χ4n) is 16.2. The highest BCUT2D eigenvalue weighted by Gasteiger charge is 2.74. The quantitative estimate of drug-likeness (QED) is 0.0505. The Hall–Kier alpha value is -3.01. The van der Waals surface area contributed by atoms with Gasteiger partial charge >= 0.3 is 17.9 Å². The number of carbonyl (C=O) groups is 3. The second-order valence-corrected chi connectivity index (χ2v) is 26.0. The number of allylic oxidation sites excluding steroid dienone is 4. The Labute approximate surface area is 461 Å². The van der Waals surface area contributed by atoms with E-state index in [1.165, 1.54) is 0 Å². The first-order valence-corrected chi connectivity index (χ1v) is 28.0. The average molecular weight is 1130 g/mol. The molecular weight excluding hydrogens is 1040 g/mol. The number of carboxylic acids is 1. The second kappa shape index (κ2) is 22.5. The van der Waals surface area contributed by atoms with Crippen molar-refractivity contribution >= 4 is 17.9 Å². The van der Waals surface area contributed by atoms with Crippen molar-refractivity contribution in [2.45, 2.75) is 232 Å². The molecular formula is C57H88O22. The minimum Gasteiger partial charge on any atom is -0.479 e. The molecule has 11 N–H and O–H groups in total. The van der Waals surface area contributed by atoms with Crippen molar-refractivity contribution in [3.05, 3.63) is 34.9 Å². The van der Waals surface area contributed by atoms with E-state index < -0.39 is 181 Å². The van der Waals surface area contributed by atoms with E-state index in [1.54, 1.807) is 39.8 Å². The van der Waals surface area contributed by atoms with E-state index in [1.807, 2.05) is 13.8 Å². The van der Waals surface area contributed by atoms with Crippen LogP contribution in [0.1, 0.15) is 121 Å². The summed E-state index contributed by atoms with van der Waals surface area (Å²) < 4.78 is 49.2. The molecule has 0 radical (unpaired) electrons. The van der Waals surface area contributed by atoms with Crippen molar-refractivity contribution in [1.82, 2.24) is 0 Å². The predicted molar refractivity (Wildman–Crippen MR) is 275 cm³/mol. The highest BCUT2D eigenvalue weighted by Crippen LogP contribution is 2.76. The SMILES string of the molecule is CC=C(C)C(=O)O[C@H]1[C@H](OC(=O)C(C)=CC)[C@@]2(CO)C(CC1(C)C)C1=CCC3[C@@]4(C)CC[C@H](O[C@@H]5OC(C(=O)O)[C@@H](O)[C@@H](O[C@@H]6O[C@@H](CO)[C@@H](O)C6O)C5O[C@@H]5OC(CO)[C@H](O)[C@@H](O)C5O)C(C)(C)C4CC[C@@]3(C)[C@]1(C)C[C@H]2O. The van der Waals surface area contributed by atoms with Gasteiger partial charge in [0.2, 0.25) is 0 Å². The molecule has 5 aliphatic carbocycles. The summed E-state index contributed by atoms with van der Waals surface area (Å²) in [6, 6.07) is 0. The highest BCUT2D eigenvalue weighted by atomic mass is 16.8. The maximum atomic E-state index is 13.8. The van der Waals surface area contributed by atoms with Crippen LogP contribution in [0.15, 0.2) is 34.9 Å². The van der Waals surface area contributed by atoms with Gasteiger partial charge in [-0.25, -0.2) is 14.4 Å². The molecule has 0 aromatic rings. The minimum absolute atomic E-state index is 0.0232. The van der Waals surface area contributed by atoms with Crippen molar-refractivity contribution in [3.8, 4) is 0 Å². The molecule has 448 valence electrons. The molecule has 8 aliphatic rings. The summed E-state index contributed by atoms with van der Waals surface area (Å²) in [7, 11) is 0. The van der Waals surface area contributed by atoms with Crippen molar-refractivity contribution < 1.29 is 108 Å². The van der Waals surface area contributed by atoms with Gasteiger partial charge in [-0.2, -0.15) is 0 Å². The van der Waals surface area contributed by atoms with Crippen LogP contribution in [0.25, 0.3) is 0 Å². The Morgan fingerprint density at radius 2 is 1.19 bits per heavy atom. The van der Waals surface area contributed by atoms with Gasteiger partial charge in [0.15, 0.2) is 31.1 Å². The van der Waals surface area contributed by atoms with Crippen LogP contribution in [0.2, 0.25) is 0 Å². The number of carbonyl (C=O) groups excluding carboxylic acids is 2. The van der Waals surface area contributed by atoms with E-state index in [-0.39, 0.29) is 23.7 Å². The van der Waals surface area contributed by atoms with E-state index in [0.717, 1.165) is 5.57 Å². The molecule has 22 heteroatoms. The average Bonchev–Trinajstić information content (AvgIpc) is 3.87. The molecule has 22 nitrogen and oxygen atoms in total. The maximum Gasteiger partial charge on any atom is 0.335 e. The van der Waals surface area contributed by atoms with Crippen molar-refractivity contribution in [2.24, 2.45) is 50.2 Å². The van der Waals surface area contributed by atoms with Crippen molar-refractivity contribution in [2.75, 3.05) is 19.8 Å². The molecule has 8 rings (SSSR count). The lowest BCUT2D eigenvalue weighted by Crippen LogP contribution is -2.72. The second-order valence-electron chi connectivity index (χ2n) is 26.0. The van der Waals surface area contributed by atoms with Gasteiger partial charge in [-0.1, -0.05) is 72.3 Å². The first-order valence-electron chi connectivity index (χ1n) is 28.0. The molecule has 4 saturated carbocycles. The monoisotopic (exact) mass is 1120 g/mol. The lowest BCUT2D eigenvalue weighted by atomic mass is 9.33. The van der Waals surface area contributed by atoms with Crippen LogP contribution in [-0.4, -0.2) is 204 Å². The summed E-state index contributed by atoms with van der Waals surface area (Å²) in [4.78, 5) is 40.3. The van der Waals surface area contributed by atoms with Crippen molar-refractivity contribution in [3.63, 3.8) is 0 Å². The van der Waals surface area contributed by atoms with Gasteiger partial charge < -0.3 is 94.1 Å². The van der Waals surface area contributed by atoms with E-state index in [2.05, 4.69) is 40.7 Å². The maximum absolute atomic E-state index is 13.8. The van der Waals surface area contributed by atoms with Crippen LogP contribution >= 0.6 is 0 Å². The Morgan fingerprint density at radius 1 is 0.646 bits per heavy atom. The van der Waals surface area contributed by atoms with Gasteiger partial charge in [-0.05, 0) is 112 Å². The third-order valence-electron chi connectivity index (χ3n) is 21.3. The molecule has 0 aromatic carbocycles. The Morgan fingerprint density at radius 3 is 1.73 bits per heavy atom. The third kappa shape index (κ3) is 9.99. The fourth-order valence-corrected chi connectivity index (χ4v) is 16.2. The zero-order chi connectivity index (χ0) is 58.4. The number of aliphatic hydroxyl groups is 10. The highest BCUT2D eigenvalue weighted by molar-refractivity contribution is 5.89. The zero-order valence-electron chi connectivity index (χ0n) is 47.3. The smallest absolute Gasteiger partial charge is 0.335 e. The van der Waals surface area contributed by atoms with Crippen molar-refractivity contribution in [1.29, 1.82) is 0 Å². The van der Waals surface area contributed by atoms with Gasteiger partial charge in [0, 0.05) is 16.6 Å². The largest absolute Gasteiger partial charge is 0.479 e. The number of esters is 2. The van der Waals surface area contributed by atoms with Crippen LogP contribution < -0.4 is 0 Å². The molecule has 3 aliphatic heterocycles. The number of aliphatic hydroxyl groups excluding tert-OH is 10. The number of ether oxygens (including phenoxy) is 8. The summed E-state index contributed by atoms with van der Waals surface area (Å²) in [5, 5.41) is 121. The first-order chi connectivity index (χ1) is 36.9. The fraction of sp³-hybridized carbons (Fsp3) is 0.842. The normalized spacial score (nSPS) is 48.6. The van der Waals surface area contributed by atoms with E-state index in [4.69, 9.17) is 37.9 Å². The lowest BCUT2D eigenvalue weighted by Gasteiger charge is -2.72. The number of fused-ring (bicyclic) bond motifs is 7. The molecule has 3 heterocycles. The first kappa shape index (κ1) is 62.0. The number of aliphatic carboxylic acids is 1. The number of carboxylic acid groups (broad SMARTS) is 1. The minimum atomic E-state index is -2.10. The molecule has 0 aromatic heterocycles. The Bertz CT molecular complexity index is 2350. The third-order valence-corrected chi connectivity index (χ3v) is 21.3. The van der Waals surface area contributed by atoms with Gasteiger partial charge in [0.05, 0.1) is 37.4 Å². The molecule has 79 heavy (non-hydrogen) atoms. The van der Waals surface area contributed by atoms with Gasteiger partial charge in [0.1, 0.15) is 67.1 Å². The standard InChI is InChI=1S/C57H88O22/c1-12-25(3)47(70)78-44-45(79-48(71)26(4)13-2)57(24-60)28(20-52(44,5)6)27-14-15-32-54(9)18-17-34(53(7,8)31(54)16-19-55(32,10)56(27,11)21-33(57)61)74-51-43(77-50-39(66)37(64)35(62)29(22-58)72-50)41(40(67)42(76-51)46(68)69)75-49-38(65)36(63)30(23-59)73-49/h12-14,28-45,49-51,58-67H,15-24H2,1-11H3,(H,68,69)/t28?,29?,30-,31?,32?,33+,34-,35-,36+,37+,38?,39?,40-,41+,42?,43?,44-,45-,49-,50-,51+,54-,55+,56+,57-/m0/s1. The summed E-state index contributed by atoms with van der Waals surface area (Å²) in [5.41, 5.74) is -2.71. The zero-order valence-corrected chi connectivity index (χ0v) is 47.3. The lowest BCUT2D eigenvalue weighted by molar-refractivity contribution is -0.386. The van der Waals surface area contributed by atoms with E-state index >= 15 is 0 Å². The summed E-state index contributed by atoms with van der Waals surface area (Å²) in [6.07, 6.45) is -20.2. The van der Waals surface area contributed by atoms with Crippen LogP contribution in [0.5, 0.6) is 0 Å². The van der Waals surface area contributed by atoms with Crippen LogP contribution in [0.4, 0.5) is 0 Å². The predicted octanol–water partition coefficient (Wildman–Crippen LogP) is 1.29. The van der Waals surface area contributed by atoms with Gasteiger partial charge in [-0.15, -0.1) is 0 Å². The number of hydrogen-bond acceptors (Lipinski definition) is 21. The molecule has 3 saturated heterocycles. The van der Waals surface area contributed by atoms with Crippen LogP contribution in [-0.2, 0) is 52.3 Å². The molecule has 8 unspecified atom stereocenters. The Balaban J connectivity index is 1.12. The molecule has 7 fully saturated rings. The summed E-state index contributed by atoms with van der Waals surface area (Å²) >= 11 is 0. The molecule has 0 spiro atoms. The molecule has 0 bridgehead atoms. The van der Waals surface area contributed by atoms with Crippen LogP contribution in [0.3, 0.4) is 0 Å². The number of rotatable bonds is 14. The van der Waals surface area contributed by atoms with Crippen LogP contribution in [0, 0.1) is 50.2 Å². The van der Waals surface area contributed by atoms with E-state index in [9.17, 15) is 70.6 Å².